The van der Waals surface area contributed by atoms with Crippen molar-refractivity contribution in [3.8, 4) is 0 Å². The molecule has 0 aliphatic rings. The van der Waals surface area contributed by atoms with Crippen LogP contribution < -0.4 is 0 Å². The minimum atomic E-state index is -0.377. The fraction of sp³-hybridized carbons (Fsp3) is 0.333. The number of methoxy groups -OCH3 is 2. The Kier molecular flexibility index (Phi) is 4.19. The van der Waals surface area contributed by atoms with Gasteiger partial charge in [-0.05, 0) is 17.7 Å². The fourth-order valence-electron chi connectivity index (χ4n) is 1.53. The Balaban J connectivity index is 2.08. The first-order chi connectivity index (χ1) is 8.33. The summed E-state index contributed by atoms with van der Waals surface area (Å²) in [4.78, 5) is 8.49. The fourth-order valence-corrected chi connectivity index (χ4v) is 2.36. The zero-order valence-corrected chi connectivity index (χ0v) is 10.6. The molecule has 0 bridgehead atoms. The van der Waals surface area contributed by atoms with E-state index in [9.17, 15) is 0 Å². The molecule has 17 heavy (non-hydrogen) atoms. The van der Waals surface area contributed by atoms with Gasteiger partial charge >= 0.3 is 0 Å². The summed E-state index contributed by atoms with van der Waals surface area (Å²) in [6.07, 6.45) is 4.01. The van der Waals surface area contributed by atoms with E-state index in [2.05, 4.69) is 9.97 Å². The Labute approximate surface area is 104 Å². The average Bonchev–Trinajstić information content (AvgIpc) is 2.81. The number of nitrogens with zero attached hydrogens (tertiary/aromatic N) is 2. The van der Waals surface area contributed by atoms with E-state index >= 15 is 0 Å². The van der Waals surface area contributed by atoms with E-state index in [1.807, 2.05) is 17.5 Å². The highest BCUT2D eigenvalue weighted by Crippen LogP contribution is 2.21. The number of aromatic nitrogens is 2. The summed E-state index contributed by atoms with van der Waals surface area (Å²) < 4.78 is 10.3. The number of pyridine rings is 1. The van der Waals surface area contributed by atoms with Gasteiger partial charge in [0.25, 0.3) is 0 Å². The summed E-state index contributed by atoms with van der Waals surface area (Å²) in [6.45, 7) is 0. The molecule has 5 heteroatoms. The number of ether oxygens (including phenoxy) is 2. The maximum absolute atomic E-state index is 5.16. The zero-order chi connectivity index (χ0) is 12.1. The van der Waals surface area contributed by atoms with Crippen molar-refractivity contribution in [2.75, 3.05) is 14.2 Å². The van der Waals surface area contributed by atoms with Crippen molar-refractivity contribution in [1.82, 2.24) is 9.97 Å². The summed E-state index contributed by atoms with van der Waals surface area (Å²) >= 11 is 1.61. The van der Waals surface area contributed by atoms with Crippen LogP contribution in [-0.2, 0) is 15.9 Å². The summed E-state index contributed by atoms with van der Waals surface area (Å²) in [5.74, 6) is 0. The van der Waals surface area contributed by atoms with Crippen LogP contribution in [0.4, 0.5) is 0 Å². The minimum Gasteiger partial charge on any atom is -0.350 e. The van der Waals surface area contributed by atoms with Crippen molar-refractivity contribution in [3.63, 3.8) is 0 Å². The summed E-state index contributed by atoms with van der Waals surface area (Å²) in [6, 6.07) is 3.98. The summed E-state index contributed by atoms with van der Waals surface area (Å²) in [5, 5.41) is 3.01. The lowest BCUT2D eigenvalue weighted by atomic mass is 10.2. The summed E-state index contributed by atoms with van der Waals surface area (Å²) in [5.41, 5.74) is 2.02. The predicted octanol–water partition coefficient (Wildman–Crippen LogP) is 2.42. The standard InChI is InChI=1S/C12H14N2O2S/c1-15-12(16-2)10-8-17-11(14-10)7-9-3-5-13-6-4-9/h3-6,8,12H,7H2,1-2H3. The van der Waals surface area contributed by atoms with Gasteiger partial charge in [-0.15, -0.1) is 11.3 Å². The van der Waals surface area contributed by atoms with Gasteiger partial charge in [0.05, 0.1) is 5.01 Å². The molecule has 0 unspecified atom stereocenters. The quantitative estimate of drug-likeness (QED) is 0.764. The molecule has 0 radical (unpaired) electrons. The number of hydrogen-bond acceptors (Lipinski definition) is 5. The van der Waals surface area contributed by atoms with Crippen molar-refractivity contribution in [1.29, 1.82) is 0 Å². The van der Waals surface area contributed by atoms with Crippen LogP contribution in [0.2, 0.25) is 0 Å². The van der Waals surface area contributed by atoms with Gasteiger partial charge in [0.1, 0.15) is 5.69 Å². The number of thiazole rings is 1. The highest BCUT2D eigenvalue weighted by atomic mass is 32.1. The third kappa shape index (κ3) is 3.09. The molecule has 0 amide bonds. The van der Waals surface area contributed by atoms with Gasteiger partial charge in [0.2, 0.25) is 6.29 Å². The third-order valence-electron chi connectivity index (χ3n) is 2.34. The smallest absolute Gasteiger partial charge is 0.201 e. The molecule has 0 N–H and O–H groups in total. The van der Waals surface area contributed by atoms with E-state index in [1.54, 1.807) is 38.0 Å². The Morgan fingerprint density at radius 3 is 2.59 bits per heavy atom. The van der Waals surface area contributed by atoms with Gasteiger partial charge < -0.3 is 9.47 Å². The second-order valence-corrected chi connectivity index (χ2v) is 4.44. The predicted molar refractivity (Wildman–Crippen MR) is 65.9 cm³/mol. The van der Waals surface area contributed by atoms with E-state index in [-0.39, 0.29) is 6.29 Å². The molecule has 2 heterocycles. The average molecular weight is 250 g/mol. The molecule has 4 nitrogen and oxygen atoms in total. The third-order valence-corrected chi connectivity index (χ3v) is 3.21. The molecule has 0 saturated carbocycles. The maximum atomic E-state index is 5.16. The van der Waals surface area contributed by atoms with Gasteiger partial charge in [-0.25, -0.2) is 4.98 Å². The normalized spacial score (nSPS) is 11.0. The van der Waals surface area contributed by atoms with Crippen LogP contribution in [0.5, 0.6) is 0 Å². The molecule has 0 aliphatic heterocycles. The van der Waals surface area contributed by atoms with Gasteiger partial charge in [-0.2, -0.15) is 0 Å². The highest BCUT2D eigenvalue weighted by molar-refractivity contribution is 7.09. The number of rotatable bonds is 5. The molecule has 0 aromatic carbocycles. The van der Waals surface area contributed by atoms with E-state index < -0.39 is 0 Å². The molecule has 0 fully saturated rings. The van der Waals surface area contributed by atoms with E-state index in [0.717, 1.165) is 17.1 Å². The lowest BCUT2D eigenvalue weighted by Gasteiger charge is -2.09. The SMILES string of the molecule is COC(OC)c1csc(Cc2ccncc2)n1. The second-order valence-electron chi connectivity index (χ2n) is 3.50. The van der Waals surface area contributed by atoms with Gasteiger partial charge in [-0.3, -0.25) is 4.98 Å². The highest BCUT2D eigenvalue weighted by Gasteiger charge is 2.13. The van der Waals surface area contributed by atoms with Crippen LogP contribution in [0.3, 0.4) is 0 Å². The molecule has 2 aromatic heterocycles. The van der Waals surface area contributed by atoms with Crippen LogP contribution in [0.15, 0.2) is 29.9 Å². The minimum absolute atomic E-state index is 0.377. The van der Waals surface area contributed by atoms with Crippen molar-refractivity contribution in [2.24, 2.45) is 0 Å². The molecule has 0 atom stereocenters. The molecular weight excluding hydrogens is 236 g/mol. The molecular formula is C12H14N2O2S. The Bertz CT molecular complexity index is 455. The van der Waals surface area contributed by atoms with E-state index in [0.29, 0.717) is 0 Å². The van der Waals surface area contributed by atoms with Crippen LogP contribution >= 0.6 is 11.3 Å². The molecule has 0 saturated heterocycles. The monoisotopic (exact) mass is 250 g/mol. The maximum Gasteiger partial charge on any atom is 0.201 e. The van der Waals surface area contributed by atoms with E-state index in [1.165, 1.54) is 5.56 Å². The lowest BCUT2D eigenvalue weighted by Crippen LogP contribution is -2.04. The van der Waals surface area contributed by atoms with Crippen molar-refractivity contribution in [3.05, 3.63) is 46.2 Å². The molecule has 90 valence electrons. The van der Waals surface area contributed by atoms with Crippen LogP contribution in [-0.4, -0.2) is 24.2 Å². The first-order valence-electron chi connectivity index (χ1n) is 5.22. The molecule has 2 aromatic rings. The lowest BCUT2D eigenvalue weighted by molar-refractivity contribution is -0.108. The Hall–Kier alpha value is -1.30. The number of hydrogen-bond donors (Lipinski definition) is 0. The van der Waals surface area contributed by atoms with Crippen molar-refractivity contribution < 1.29 is 9.47 Å². The Morgan fingerprint density at radius 2 is 1.94 bits per heavy atom. The molecule has 0 aliphatic carbocycles. The first kappa shape index (κ1) is 12.2. The van der Waals surface area contributed by atoms with Gasteiger partial charge in [0.15, 0.2) is 0 Å². The second kappa shape index (κ2) is 5.86. The zero-order valence-electron chi connectivity index (χ0n) is 9.79. The van der Waals surface area contributed by atoms with E-state index in [4.69, 9.17) is 9.47 Å². The van der Waals surface area contributed by atoms with Crippen LogP contribution in [0.25, 0.3) is 0 Å². The molecule has 0 spiro atoms. The topological polar surface area (TPSA) is 44.2 Å². The Morgan fingerprint density at radius 1 is 1.24 bits per heavy atom. The largest absolute Gasteiger partial charge is 0.350 e. The summed E-state index contributed by atoms with van der Waals surface area (Å²) in [7, 11) is 3.21. The van der Waals surface area contributed by atoms with Gasteiger partial charge in [-0.1, -0.05) is 0 Å². The van der Waals surface area contributed by atoms with Crippen LogP contribution in [0.1, 0.15) is 22.6 Å². The van der Waals surface area contributed by atoms with Crippen molar-refractivity contribution >= 4 is 11.3 Å². The molecule has 2 rings (SSSR count). The van der Waals surface area contributed by atoms with Gasteiger partial charge in [0, 0.05) is 38.4 Å². The van der Waals surface area contributed by atoms with Crippen LogP contribution in [0, 0.1) is 0 Å². The first-order valence-corrected chi connectivity index (χ1v) is 6.10. The van der Waals surface area contributed by atoms with Crippen molar-refractivity contribution in [2.45, 2.75) is 12.7 Å².